The minimum absolute atomic E-state index is 0.155. The molecule has 0 aliphatic carbocycles. The van der Waals surface area contributed by atoms with Gasteiger partial charge >= 0.3 is 0 Å². The number of piperidine rings is 1. The van der Waals surface area contributed by atoms with E-state index in [-0.39, 0.29) is 5.91 Å². The van der Waals surface area contributed by atoms with E-state index in [4.69, 9.17) is 0 Å². The van der Waals surface area contributed by atoms with Crippen molar-refractivity contribution >= 4 is 5.91 Å². The Morgan fingerprint density at radius 3 is 2.50 bits per heavy atom. The van der Waals surface area contributed by atoms with Crippen LogP contribution in [0.2, 0.25) is 0 Å². The molecule has 0 spiro atoms. The number of allylic oxidation sites excluding steroid dienone is 3. The molecule has 2 atom stereocenters. The van der Waals surface area contributed by atoms with Gasteiger partial charge in [-0.25, -0.2) is 0 Å². The Kier molecular flexibility index (Phi) is 4.59. The van der Waals surface area contributed by atoms with Gasteiger partial charge in [-0.2, -0.15) is 0 Å². The van der Waals surface area contributed by atoms with E-state index >= 15 is 0 Å². The van der Waals surface area contributed by atoms with Gasteiger partial charge in [-0.3, -0.25) is 4.79 Å². The zero-order chi connectivity index (χ0) is 13.0. The SMILES string of the molecule is CC=CC=CC(=O)N(CC)C1CC2CCC(C1)N2. The second-order valence-electron chi connectivity index (χ2n) is 5.27. The van der Waals surface area contributed by atoms with E-state index < -0.39 is 0 Å². The highest BCUT2D eigenvalue weighted by molar-refractivity contribution is 5.88. The third-order valence-electron chi connectivity index (χ3n) is 4.06. The van der Waals surface area contributed by atoms with Gasteiger partial charge < -0.3 is 10.2 Å². The summed E-state index contributed by atoms with van der Waals surface area (Å²) < 4.78 is 0. The lowest BCUT2D eigenvalue weighted by Gasteiger charge is -2.36. The van der Waals surface area contributed by atoms with Crippen LogP contribution in [0.1, 0.15) is 39.5 Å². The molecule has 2 rings (SSSR count). The minimum Gasteiger partial charge on any atom is -0.336 e. The van der Waals surface area contributed by atoms with Crippen LogP contribution in [0.3, 0.4) is 0 Å². The van der Waals surface area contributed by atoms with Crippen molar-refractivity contribution in [2.45, 2.75) is 57.7 Å². The molecule has 0 aromatic rings. The molecular formula is C15H24N2O. The standard InChI is InChI=1S/C15H24N2O/c1-3-5-6-7-15(18)17(4-2)14-10-12-8-9-13(11-14)16-12/h3,5-7,12-14,16H,4,8-11H2,1-2H3. The quantitative estimate of drug-likeness (QED) is 0.611. The summed E-state index contributed by atoms with van der Waals surface area (Å²) in [6.07, 6.45) is 12.2. The van der Waals surface area contributed by atoms with Crippen LogP contribution in [0.4, 0.5) is 0 Å². The van der Waals surface area contributed by atoms with Gasteiger partial charge in [-0.15, -0.1) is 0 Å². The van der Waals surface area contributed by atoms with Crippen molar-refractivity contribution in [3.05, 3.63) is 24.3 Å². The lowest BCUT2D eigenvalue weighted by molar-refractivity contribution is -0.128. The second-order valence-corrected chi connectivity index (χ2v) is 5.27. The van der Waals surface area contributed by atoms with Gasteiger partial charge in [-0.1, -0.05) is 18.2 Å². The Labute approximate surface area is 110 Å². The van der Waals surface area contributed by atoms with Gasteiger partial charge in [-0.05, 0) is 39.5 Å². The van der Waals surface area contributed by atoms with Crippen molar-refractivity contribution < 1.29 is 4.79 Å². The summed E-state index contributed by atoms with van der Waals surface area (Å²) in [4.78, 5) is 14.2. The predicted molar refractivity (Wildman–Crippen MR) is 74.3 cm³/mol. The first kappa shape index (κ1) is 13.3. The number of carbonyl (C=O) groups is 1. The number of likely N-dealkylation sites (N-methyl/N-ethyl adjacent to an activating group) is 1. The molecule has 3 heteroatoms. The zero-order valence-electron chi connectivity index (χ0n) is 11.4. The summed E-state index contributed by atoms with van der Waals surface area (Å²) in [5, 5.41) is 3.62. The molecule has 100 valence electrons. The molecule has 18 heavy (non-hydrogen) atoms. The van der Waals surface area contributed by atoms with Crippen molar-refractivity contribution in [3.8, 4) is 0 Å². The predicted octanol–water partition coefficient (Wildman–Crippen LogP) is 2.25. The fraction of sp³-hybridized carbons (Fsp3) is 0.667. The summed E-state index contributed by atoms with van der Waals surface area (Å²) in [5.74, 6) is 0.155. The Morgan fingerprint density at radius 1 is 1.28 bits per heavy atom. The molecular weight excluding hydrogens is 224 g/mol. The summed E-state index contributed by atoms with van der Waals surface area (Å²) in [5.41, 5.74) is 0. The zero-order valence-corrected chi connectivity index (χ0v) is 11.4. The molecule has 2 bridgehead atoms. The van der Waals surface area contributed by atoms with Gasteiger partial charge in [0.25, 0.3) is 0 Å². The Bertz CT molecular complexity index is 336. The van der Waals surface area contributed by atoms with Gasteiger partial charge in [0.1, 0.15) is 0 Å². The largest absolute Gasteiger partial charge is 0.336 e. The van der Waals surface area contributed by atoms with Crippen LogP contribution in [0, 0.1) is 0 Å². The third kappa shape index (κ3) is 3.02. The van der Waals surface area contributed by atoms with Crippen LogP contribution >= 0.6 is 0 Å². The molecule has 1 amide bonds. The van der Waals surface area contributed by atoms with E-state index in [0.29, 0.717) is 18.1 Å². The first-order chi connectivity index (χ1) is 8.74. The molecule has 2 unspecified atom stereocenters. The summed E-state index contributed by atoms with van der Waals surface area (Å²) in [6, 6.07) is 1.70. The number of nitrogens with zero attached hydrogens (tertiary/aromatic N) is 1. The fourth-order valence-corrected chi connectivity index (χ4v) is 3.22. The highest BCUT2D eigenvalue weighted by atomic mass is 16.2. The van der Waals surface area contributed by atoms with Crippen molar-refractivity contribution in [1.29, 1.82) is 0 Å². The smallest absolute Gasteiger partial charge is 0.246 e. The molecule has 1 N–H and O–H groups in total. The number of hydrogen-bond donors (Lipinski definition) is 1. The first-order valence-corrected chi connectivity index (χ1v) is 7.10. The molecule has 0 aromatic heterocycles. The monoisotopic (exact) mass is 248 g/mol. The highest BCUT2D eigenvalue weighted by Gasteiger charge is 2.36. The van der Waals surface area contributed by atoms with Crippen molar-refractivity contribution in [1.82, 2.24) is 10.2 Å². The number of amides is 1. The Hall–Kier alpha value is -1.09. The molecule has 0 radical (unpaired) electrons. The van der Waals surface area contributed by atoms with Gasteiger partial charge in [0.2, 0.25) is 5.91 Å². The summed E-state index contributed by atoms with van der Waals surface area (Å²) >= 11 is 0. The van der Waals surface area contributed by atoms with Crippen molar-refractivity contribution in [2.75, 3.05) is 6.54 Å². The maximum atomic E-state index is 12.2. The van der Waals surface area contributed by atoms with Crippen LogP contribution in [0.15, 0.2) is 24.3 Å². The van der Waals surface area contributed by atoms with Crippen LogP contribution in [-0.4, -0.2) is 35.5 Å². The van der Waals surface area contributed by atoms with E-state index in [1.54, 1.807) is 6.08 Å². The van der Waals surface area contributed by atoms with Crippen LogP contribution < -0.4 is 5.32 Å². The molecule has 0 saturated carbocycles. The molecule has 2 heterocycles. The maximum absolute atomic E-state index is 12.2. The fourth-order valence-electron chi connectivity index (χ4n) is 3.22. The van der Waals surface area contributed by atoms with E-state index in [2.05, 4.69) is 12.2 Å². The molecule has 2 saturated heterocycles. The Balaban J connectivity index is 1.97. The van der Waals surface area contributed by atoms with E-state index in [1.807, 2.05) is 30.1 Å². The summed E-state index contributed by atoms with van der Waals surface area (Å²) in [6.45, 7) is 4.84. The molecule has 2 fully saturated rings. The molecule has 0 aromatic carbocycles. The highest BCUT2D eigenvalue weighted by Crippen LogP contribution is 2.29. The van der Waals surface area contributed by atoms with Crippen molar-refractivity contribution in [3.63, 3.8) is 0 Å². The Morgan fingerprint density at radius 2 is 1.94 bits per heavy atom. The molecule has 2 aliphatic heterocycles. The van der Waals surface area contributed by atoms with E-state index in [0.717, 1.165) is 19.4 Å². The van der Waals surface area contributed by atoms with Gasteiger partial charge in [0.05, 0.1) is 0 Å². The average molecular weight is 248 g/mol. The van der Waals surface area contributed by atoms with Crippen LogP contribution in [0.25, 0.3) is 0 Å². The van der Waals surface area contributed by atoms with Crippen molar-refractivity contribution in [2.24, 2.45) is 0 Å². The number of fused-ring (bicyclic) bond motifs is 2. The van der Waals surface area contributed by atoms with Crippen LogP contribution in [0.5, 0.6) is 0 Å². The third-order valence-corrected chi connectivity index (χ3v) is 4.06. The topological polar surface area (TPSA) is 32.3 Å². The molecule has 3 nitrogen and oxygen atoms in total. The number of rotatable bonds is 4. The number of carbonyl (C=O) groups excluding carboxylic acids is 1. The maximum Gasteiger partial charge on any atom is 0.246 e. The van der Waals surface area contributed by atoms with Gasteiger partial charge in [0, 0.05) is 30.7 Å². The lowest BCUT2D eigenvalue weighted by atomic mass is 9.98. The van der Waals surface area contributed by atoms with E-state index in [9.17, 15) is 4.79 Å². The number of hydrogen-bond acceptors (Lipinski definition) is 2. The normalized spacial score (nSPS) is 31.3. The van der Waals surface area contributed by atoms with E-state index in [1.165, 1.54) is 12.8 Å². The molecule has 2 aliphatic rings. The van der Waals surface area contributed by atoms with Crippen LogP contribution in [-0.2, 0) is 4.79 Å². The van der Waals surface area contributed by atoms with Gasteiger partial charge in [0.15, 0.2) is 0 Å². The lowest BCUT2D eigenvalue weighted by Crippen LogP contribution is -2.49. The summed E-state index contributed by atoms with van der Waals surface area (Å²) in [7, 11) is 0. The number of nitrogens with one attached hydrogen (secondary N) is 1. The average Bonchev–Trinajstić information content (AvgIpc) is 2.70. The second kappa shape index (κ2) is 6.19. The first-order valence-electron chi connectivity index (χ1n) is 7.10. The minimum atomic E-state index is 0.155.